The van der Waals surface area contributed by atoms with Crippen LogP contribution in [0.4, 0.5) is 5.69 Å². The fourth-order valence-electron chi connectivity index (χ4n) is 1.73. The highest BCUT2D eigenvalue weighted by Gasteiger charge is 2.13. The van der Waals surface area contributed by atoms with E-state index in [4.69, 9.17) is 10.4 Å². The zero-order chi connectivity index (χ0) is 15.1. The third-order valence-corrected chi connectivity index (χ3v) is 2.99. The van der Waals surface area contributed by atoms with Crippen molar-refractivity contribution in [2.75, 3.05) is 11.9 Å². The summed E-state index contributed by atoms with van der Waals surface area (Å²) in [4.78, 5) is 12.3. The Morgan fingerprint density at radius 3 is 2.75 bits per heavy atom. The molecule has 1 unspecified atom stereocenters. The van der Waals surface area contributed by atoms with E-state index in [1.165, 1.54) is 6.08 Å². The molecule has 0 heterocycles. The number of nitrogens with zero attached hydrogens (tertiary/aromatic N) is 3. The van der Waals surface area contributed by atoms with Crippen molar-refractivity contribution in [2.24, 2.45) is 0 Å². The van der Waals surface area contributed by atoms with E-state index in [0.717, 1.165) is 11.8 Å². The first-order valence-corrected chi connectivity index (χ1v) is 6.04. The lowest BCUT2D eigenvalue weighted by atomic mass is 10.1. The van der Waals surface area contributed by atoms with Crippen LogP contribution in [0.5, 0.6) is 0 Å². The van der Waals surface area contributed by atoms with Crippen molar-refractivity contribution in [3.63, 3.8) is 0 Å². The summed E-state index contributed by atoms with van der Waals surface area (Å²) >= 11 is 0. The third-order valence-electron chi connectivity index (χ3n) is 2.99. The van der Waals surface area contributed by atoms with Gasteiger partial charge in [-0.3, -0.25) is 0 Å². The molecule has 0 spiro atoms. The molecule has 20 heavy (non-hydrogen) atoms. The van der Waals surface area contributed by atoms with Crippen LogP contribution in [-0.4, -0.2) is 24.2 Å². The van der Waals surface area contributed by atoms with Crippen LogP contribution in [0.25, 0.3) is 6.08 Å². The van der Waals surface area contributed by atoms with E-state index in [1.54, 1.807) is 18.2 Å². The number of rotatable bonds is 5. The first-order valence-electron chi connectivity index (χ1n) is 6.04. The summed E-state index contributed by atoms with van der Waals surface area (Å²) in [5.41, 5.74) is 1.82. The van der Waals surface area contributed by atoms with Crippen LogP contribution in [-0.2, 0) is 4.79 Å². The minimum absolute atomic E-state index is 0.00693. The summed E-state index contributed by atoms with van der Waals surface area (Å²) in [5.74, 6) is -1.03. The lowest BCUT2D eigenvalue weighted by Gasteiger charge is -2.26. The molecule has 1 atom stereocenters. The molecule has 1 N–H and O–H groups in total. The number of carbonyl (C=O) groups is 1. The second-order valence-corrected chi connectivity index (χ2v) is 4.38. The van der Waals surface area contributed by atoms with Crippen molar-refractivity contribution < 1.29 is 9.90 Å². The Bertz CT molecular complexity index is 609. The van der Waals surface area contributed by atoms with Gasteiger partial charge in [0.05, 0.1) is 23.7 Å². The van der Waals surface area contributed by atoms with Gasteiger partial charge in [-0.05, 0) is 30.7 Å². The SMILES string of the molecule is CC(CC#N)N(C)c1ccc(/C=C/C(=O)O)cc1C#N. The van der Waals surface area contributed by atoms with Crippen molar-refractivity contribution in [3.05, 3.63) is 35.4 Å². The van der Waals surface area contributed by atoms with Crippen LogP contribution in [0.3, 0.4) is 0 Å². The van der Waals surface area contributed by atoms with Gasteiger partial charge in [0.1, 0.15) is 6.07 Å². The molecule has 0 aromatic heterocycles. The number of benzene rings is 1. The van der Waals surface area contributed by atoms with Gasteiger partial charge < -0.3 is 10.0 Å². The predicted molar refractivity (Wildman–Crippen MR) is 75.9 cm³/mol. The fraction of sp³-hybridized carbons (Fsp3) is 0.267. The van der Waals surface area contributed by atoms with Gasteiger partial charge in [-0.1, -0.05) is 6.07 Å². The van der Waals surface area contributed by atoms with Gasteiger partial charge in [0.25, 0.3) is 0 Å². The zero-order valence-corrected chi connectivity index (χ0v) is 11.4. The van der Waals surface area contributed by atoms with Crippen LogP contribution in [0, 0.1) is 22.7 Å². The van der Waals surface area contributed by atoms with Crippen LogP contribution in [0.1, 0.15) is 24.5 Å². The molecule has 0 saturated heterocycles. The summed E-state index contributed by atoms with van der Waals surface area (Å²) in [6.45, 7) is 1.91. The molecule has 0 amide bonds. The molecular weight excluding hydrogens is 254 g/mol. The Balaban J connectivity index is 3.09. The Labute approximate surface area is 118 Å². The first-order chi connectivity index (χ1) is 9.49. The van der Waals surface area contributed by atoms with E-state index in [1.807, 2.05) is 18.9 Å². The molecule has 0 bridgehead atoms. The summed E-state index contributed by atoms with van der Waals surface area (Å²) in [5, 5.41) is 26.5. The Hall–Kier alpha value is -2.79. The van der Waals surface area contributed by atoms with Gasteiger partial charge in [0, 0.05) is 19.2 Å². The Morgan fingerprint density at radius 2 is 2.20 bits per heavy atom. The maximum atomic E-state index is 10.5. The smallest absolute Gasteiger partial charge is 0.328 e. The zero-order valence-electron chi connectivity index (χ0n) is 11.4. The quantitative estimate of drug-likeness (QED) is 0.829. The lowest BCUT2D eigenvalue weighted by Crippen LogP contribution is -2.29. The summed E-state index contributed by atoms with van der Waals surface area (Å²) in [6.07, 6.45) is 2.83. The van der Waals surface area contributed by atoms with E-state index < -0.39 is 5.97 Å². The molecule has 0 aliphatic heterocycles. The number of nitriles is 2. The maximum absolute atomic E-state index is 10.5. The highest BCUT2D eigenvalue weighted by Crippen LogP contribution is 2.23. The molecule has 5 nitrogen and oxygen atoms in total. The molecule has 102 valence electrons. The number of carboxylic acids is 1. The van der Waals surface area contributed by atoms with Crippen molar-refractivity contribution in [3.8, 4) is 12.1 Å². The van der Waals surface area contributed by atoms with Crippen molar-refractivity contribution in [2.45, 2.75) is 19.4 Å². The molecule has 5 heteroatoms. The monoisotopic (exact) mass is 269 g/mol. The standard InChI is InChI=1S/C15H15N3O2/c1-11(7-8-16)18(2)14-5-3-12(4-6-15(19)20)9-13(14)10-17/h3-6,9,11H,7H2,1-2H3,(H,19,20)/b6-4+. The molecule has 0 saturated carbocycles. The second kappa shape index (κ2) is 6.96. The fourth-order valence-corrected chi connectivity index (χ4v) is 1.73. The minimum Gasteiger partial charge on any atom is -0.478 e. The largest absolute Gasteiger partial charge is 0.478 e. The van der Waals surface area contributed by atoms with Gasteiger partial charge >= 0.3 is 5.97 Å². The first kappa shape index (κ1) is 15.3. The van der Waals surface area contributed by atoms with Gasteiger partial charge in [0.2, 0.25) is 0 Å². The van der Waals surface area contributed by atoms with Crippen LogP contribution in [0.2, 0.25) is 0 Å². The van der Waals surface area contributed by atoms with Crippen molar-refractivity contribution in [1.82, 2.24) is 0 Å². The second-order valence-electron chi connectivity index (χ2n) is 4.38. The molecule has 0 aliphatic carbocycles. The average molecular weight is 269 g/mol. The number of aliphatic carboxylic acids is 1. The lowest BCUT2D eigenvalue weighted by molar-refractivity contribution is -0.131. The van der Waals surface area contributed by atoms with Crippen molar-refractivity contribution in [1.29, 1.82) is 10.5 Å². The summed E-state index contributed by atoms with van der Waals surface area (Å²) < 4.78 is 0. The topological polar surface area (TPSA) is 88.1 Å². The third kappa shape index (κ3) is 3.86. The number of carboxylic acid groups (broad SMARTS) is 1. The van der Waals surface area contributed by atoms with E-state index in [0.29, 0.717) is 17.5 Å². The molecule has 0 aliphatic rings. The molecule has 1 aromatic rings. The average Bonchev–Trinajstić information content (AvgIpc) is 2.44. The predicted octanol–water partition coefficient (Wildman–Crippen LogP) is 2.39. The van der Waals surface area contributed by atoms with Crippen LogP contribution < -0.4 is 4.90 Å². The van der Waals surface area contributed by atoms with E-state index in [2.05, 4.69) is 12.1 Å². The van der Waals surface area contributed by atoms with Crippen molar-refractivity contribution >= 4 is 17.7 Å². The highest BCUT2D eigenvalue weighted by atomic mass is 16.4. The van der Waals surface area contributed by atoms with Gasteiger partial charge in [-0.2, -0.15) is 10.5 Å². The van der Waals surface area contributed by atoms with Gasteiger partial charge in [0.15, 0.2) is 0 Å². The normalized spacial score (nSPS) is 11.6. The highest BCUT2D eigenvalue weighted by molar-refractivity contribution is 5.85. The van der Waals surface area contributed by atoms with Gasteiger partial charge in [-0.15, -0.1) is 0 Å². The molecular formula is C15H15N3O2. The number of anilines is 1. The molecule has 0 fully saturated rings. The summed E-state index contributed by atoms with van der Waals surface area (Å²) in [6, 6.07) is 9.32. The van der Waals surface area contributed by atoms with Gasteiger partial charge in [-0.25, -0.2) is 4.79 Å². The molecule has 0 radical (unpaired) electrons. The van der Waals surface area contributed by atoms with E-state index in [9.17, 15) is 10.1 Å². The van der Waals surface area contributed by atoms with E-state index in [-0.39, 0.29) is 6.04 Å². The molecule has 1 rings (SSSR count). The maximum Gasteiger partial charge on any atom is 0.328 e. The minimum atomic E-state index is -1.03. The van der Waals surface area contributed by atoms with Crippen LogP contribution in [0.15, 0.2) is 24.3 Å². The van der Waals surface area contributed by atoms with Crippen LogP contribution >= 0.6 is 0 Å². The Morgan fingerprint density at radius 1 is 1.50 bits per heavy atom. The Kier molecular flexibility index (Phi) is 5.31. The van der Waals surface area contributed by atoms with E-state index >= 15 is 0 Å². The summed E-state index contributed by atoms with van der Waals surface area (Å²) in [7, 11) is 1.82. The number of hydrogen-bond acceptors (Lipinski definition) is 4. The number of hydrogen-bond donors (Lipinski definition) is 1. The molecule has 1 aromatic carbocycles.